The predicted molar refractivity (Wildman–Crippen MR) is 85.4 cm³/mol. The fourth-order valence-corrected chi connectivity index (χ4v) is 3.12. The van der Waals surface area contributed by atoms with Crippen molar-refractivity contribution in [2.24, 2.45) is 5.92 Å². The number of nitrogens with one attached hydrogen (secondary N) is 1. The van der Waals surface area contributed by atoms with E-state index in [1.165, 1.54) is 12.1 Å². The van der Waals surface area contributed by atoms with E-state index in [9.17, 15) is 18.4 Å². The number of carbonyl (C=O) groups excluding carboxylic acids is 2. The SMILES string of the molecule is CC1CCCC(NC(=O)OC(C)(C)C)(c2cccc(F)c2F)C1=O. The minimum absolute atomic E-state index is 0.148. The van der Waals surface area contributed by atoms with E-state index in [1.807, 2.05) is 0 Å². The number of amides is 1. The Balaban J connectivity index is 2.48. The fraction of sp³-hybridized carbons (Fsp3) is 0.556. The largest absolute Gasteiger partial charge is 0.444 e. The van der Waals surface area contributed by atoms with Gasteiger partial charge in [-0.2, -0.15) is 0 Å². The summed E-state index contributed by atoms with van der Waals surface area (Å²) in [6.45, 7) is 6.79. The molecule has 0 aromatic heterocycles. The molecule has 0 heterocycles. The standard InChI is InChI=1S/C18H23F2NO3/c1-11-7-6-10-18(15(11)22,21-16(23)24-17(2,3)4)12-8-5-9-13(19)14(12)20/h5,8-9,11H,6-7,10H2,1-4H3,(H,21,23). The molecule has 4 nitrogen and oxygen atoms in total. The maximum absolute atomic E-state index is 14.4. The van der Waals surface area contributed by atoms with Gasteiger partial charge >= 0.3 is 6.09 Å². The molecule has 1 aliphatic carbocycles. The van der Waals surface area contributed by atoms with E-state index in [-0.39, 0.29) is 23.7 Å². The first-order chi connectivity index (χ1) is 11.1. The molecule has 2 atom stereocenters. The van der Waals surface area contributed by atoms with Crippen LogP contribution in [-0.4, -0.2) is 17.5 Å². The molecular formula is C18H23F2NO3. The highest BCUT2D eigenvalue weighted by molar-refractivity contribution is 5.95. The molecule has 1 aliphatic rings. The molecule has 0 spiro atoms. The van der Waals surface area contributed by atoms with Gasteiger partial charge in [-0.3, -0.25) is 4.79 Å². The van der Waals surface area contributed by atoms with Gasteiger partial charge in [0, 0.05) is 11.5 Å². The van der Waals surface area contributed by atoms with Crippen molar-refractivity contribution in [1.29, 1.82) is 0 Å². The molecule has 1 aromatic rings. The van der Waals surface area contributed by atoms with Crippen LogP contribution in [0.1, 0.15) is 52.5 Å². The second kappa shape index (κ2) is 6.49. The van der Waals surface area contributed by atoms with Gasteiger partial charge in [0.15, 0.2) is 17.4 Å². The zero-order valence-electron chi connectivity index (χ0n) is 14.4. The van der Waals surface area contributed by atoms with E-state index in [2.05, 4.69) is 5.32 Å². The second-order valence-electron chi connectivity index (χ2n) is 7.29. The lowest BCUT2D eigenvalue weighted by Crippen LogP contribution is -2.56. The Hall–Kier alpha value is -1.98. The number of carbonyl (C=O) groups is 2. The molecular weight excluding hydrogens is 316 g/mol. The van der Waals surface area contributed by atoms with Gasteiger partial charge in [-0.15, -0.1) is 0 Å². The Morgan fingerprint density at radius 1 is 1.33 bits per heavy atom. The molecule has 2 unspecified atom stereocenters. The first-order valence-electron chi connectivity index (χ1n) is 8.07. The van der Waals surface area contributed by atoms with Gasteiger partial charge in [-0.25, -0.2) is 13.6 Å². The molecule has 2 rings (SSSR count). The Kier molecular flexibility index (Phi) is 4.97. The Morgan fingerprint density at radius 2 is 2.00 bits per heavy atom. The van der Waals surface area contributed by atoms with Gasteiger partial charge in [-0.05, 0) is 46.1 Å². The summed E-state index contributed by atoms with van der Waals surface area (Å²) in [7, 11) is 0. The summed E-state index contributed by atoms with van der Waals surface area (Å²) in [5, 5.41) is 2.54. The average Bonchev–Trinajstić information content (AvgIpc) is 2.45. The van der Waals surface area contributed by atoms with Crippen LogP contribution in [-0.2, 0) is 15.1 Å². The van der Waals surface area contributed by atoms with Crippen molar-refractivity contribution in [3.63, 3.8) is 0 Å². The van der Waals surface area contributed by atoms with Crippen LogP contribution in [0.5, 0.6) is 0 Å². The quantitative estimate of drug-likeness (QED) is 0.883. The number of Topliss-reactive ketones (excluding diaryl/α,β-unsaturated/α-hetero) is 1. The summed E-state index contributed by atoms with van der Waals surface area (Å²) in [6, 6.07) is 3.65. The third kappa shape index (κ3) is 3.57. The Bertz CT molecular complexity index is 654. The van der Waals surface area contributed by atoms with E-state index >= 15 is 0 Å². The molecule has 1 fully saturated rings. The number of hydrogen-bond donors (Lipinski definition) is 1. The maximum Gasteiger partial charge on any atom is 0.408 e. The zero-order chi connectivity index (χ0) is 18.1. The maximum atomic E-state index is 14.4. The molecule has 1 saturated carbocycles. The molecule has 0 aliphatic heterocycles. The molecule has 6 heteroatoms. The van der Waals surface area contributed by atoms with Crippen LogP contribution in [0.25, 0.3) is 0 Å². The molecule has 24 heavy (non-hydrogen) atoms. The third-order valence-electron chi connectivity index (χ3n) is 4.18. The van der Waals surface area contributed by atoms with Crippen LogP contribution in [0.15, 0.2) is 18.2 Å². The number of benzene rings is 1. The highest BCUT2D eigenvalue weighted by Crippen LogP contribution is 2.39. The van der Waals surface area contributed by atoms with Gasteiger partial charge in [0.25, 0.3) is 0 Å². The zero-order valence-corrected chi connectivity index (χ0v) is 14.4. The normalized spacial score (nSPS) is 24.6. The van der Waals surface area contributed by atoms with E-state index < -0.39 is 28.9 Å². The lowest BCUT2D eigenvalue weighted by Gasteiger charge is -2.39. The summed E-state index contributed by atoms with van der Waals surface area (Å²) >= 11 is 0. The van der Waals surface area contributed by atoms with Gasteiger partial charge < -0.3 is 10.1 Å². The van der Waals surface area contributed by atoms with Crippen molar-refractivity contribution in [2.75, 3.05) is 0 Å². The van der Waals surface area contributed by atoms with Crippen molar-refractivity contribution in [3.05, 3.63) is 35.4 Å². The van der Waals surface area contributed by atoms with Crippen LogP contribution in [0.2, 0.25) is 0 Å². The smallest absolute Gasteiger partial charge is 0.408 e. The van der Waals surface area contributed by atoms with Crippen molar-refractivity contribution in [3.8, 4) is 0 Å². The molecule has 0 bridgehead atoms. The summed E-state index contributed by atoms with van der Waals surface area (Å²) < 4.78 is 33.3. The number of alkyl carbamates (subject to hydrolysis) is 1. The minimum atomic E-state index is -1.60. The van der Waals surface area contributed by atoms with Crippen molar-refractivity contribution >= 4 is 11.9 Å². The third-order valence-corrected chi connectivity index (χ3v) is 4.18. The van der Waals surface area contributed by atoms with Crippen LogP contribution in [0.3, 0.4) is 0 Å². The van der Waals surface area contributed by atoms with Crippen molar-refractivity contribution in [1.82, 2.24) is 5.32 Å². The summed E-state index contributed by atoms with van der Waals surface area (Å²) in [6.07, 6.45) is 0.635. The lowest BCUT2D eigenvalue weighted by molar-refractivity contribution is -0.132. The number of ether oxygens (including phenoxy) is 1. The van der Waals surface area contributed by atoms with Gasteiger partial charge in [-0.1, -0.05) is 19.1 Å². The summed E-state index contributed by atoms with van der Waals surface area (Å²) in [4.78, 5) is 25.1. The van der Waals surface area contributed by atoms with Crippen molar-refractivity contribution < 1.29 is 23.1 Å². The molecule has 0 radical (unpaired) electrons. The monoisotopic (exact) mass is 339 g/mol. The van der Waals surface area contributed by atoms with Crippen LogP contribution >= 0.6 is 0 Å². The van der Waals surface area contributed by atoms with Crippen LogP contribution < -0.4 is 5.32 Å². The average molecular weight is 339 g/mol. The first kappa shape index (κ1) is 18.4. The molecule has 1 N–H and O–H groups in total. The summed E-state index contributed by atoms with van der Waals surface area (Å²) in [5.74, 6) is -2.86. The lowest BCUT2D eigenvalue weighted by atomic mass is 9.71. The highest BCUT2D eigenvalue weighted by atomic mass is 19.2. The Morgan fingerprint density at radius 3 is 2.62 bits per heavy atom. The van der Waals surface area contributed by atoms with E-state index in [0.29, 0.717) is 12.8 Å². The predicted octanol–water partition coefficient (Wildman–Crippen LogP) is 4.07. The number of ketones is 1. The van der Waals surface area contributed by atoms with Crippen LogP contribution in [0, 0.1) is 17.6 Å². The van der Waals surface area contributed by atoms with E-state index in [0.717, 1.165) is 6.07 Å². The number of halogens is 2. The van der Waals surface area contributed by atoms with Gasteiger partial charge in [0.05, 0.1) is 0 Å². The molecule has 0 saturated heterocycles. The van der Waals surface area contributed by atoms with Crippen molar-refractivity contribution in [2.45, 2.75) is 58.1 Å². The second-order valence-corrected chi connectivity index (χ2v) is 7.29. The summed E-state index contributed by atoms with van der Waals surface area (Å²) in [5.41, 5.74) is -2.52. The van der Waals surface area contributed by atoms with Gasteiger partial charge in [0.1, 0.15) is 11.1 Å². The Labute approximate surface area is 140 Å². The fourth-order valence-electron chi connectivity index (χ4n) is 3.12. The van der Waals surface area contributed by atoms with Gasteiger partial charge in [0.2, 0.25) is 0 Å². The first-order valence-corrected chi connectivity index (χ1v) is 8.07. The topological polar surface area (TPSA) is 55.4 Å². The highest BCUT2D eigenvalue weighted by Gasteiger charge is 2.48. The van der Waals surface area contributed by atoms with E-state index in [1.54, 1.807) is 27.7 Å². The molecule has 132 valence electrons. The minimum Gasteiger partial charge on any atom is -0.444 e. The number of hydrogen-bond acceptors (Lipinski definition) is 3. The van der Waals surface area contributed by atoms with Crippen LogP contribution in [0.4, 0.5) is 13.6 Å². The van der Waals surface area contributed by atoms with E-state index in [4.69, 9.17) is 4.74 Å². The number of rotatable bonds is 2. The molecule has 1 amide bonds. The molecule has 1 aromatic carbocycles.